The summed E-state index contributed by atoms with van der Waals surface area (Å²) in [5, 5.41) is 7.22. The molecule has 0 aliphatic heterocycles. The molecule has 0 spiro atoms. The van der Waals surface area contributed by atoms with Gasteiger partial charge in [-0.25, -0.2) is 4.98 Å². The van der Waals surface area contributed by atoms with Crippen molar-refractivity contribution < 1.29 is 4.74 Å². The summed E-state index contributed by atoms with van der Waals surface area (Å²) in [5.74, 6) is 1.94. The number of aryl methyl sites for hydroxylation is 3. The molecule has 1 heterocycles. The number of benzene rings is 2. The zero-order chi connectivity index (χ0) is 18.7. The summed E-state index contributed by atoms with van der Waals surface area (Å²) in [4.78, 5) is 9.03. The number of aromatic nitrogens is 2. The number of methoxy groups -OCH3 is 1. The third-order valence-electron chi connectivity index (χ3n) is 3.92. The van der Waals surface area contributed by atoms with Gasteiger partial charge >= 0.3 is 0 Å². The van der Waals surface area contributed by atoms with E-state index in [1.807, 2.05) is 63.2 Å². The molecule has 3 aromatic rings. The zero-order valence-corrected chi connectivity index (χ0v) is 16.0. The lowest BCUT2D eigenvalue weighted by Crippen LogP contribution is -2.04. The Balaban J connectivity index is 1.91. The summed E-state index contributed by atoms with van der Waals surface area (Å²) < 4.78 is 5.42. The van der Waals surface area contributed by atoms with Gasteiger partial charge in [0.1, 0.15) is 11.6 Å². The van der Waals surface area contributed by atoms with Crippen LogP contribution in [0.3, 0.4) is 0 Å². The molecule has 0 unspecified atom stereocenters. The van der Waals surface area contributed by atoms with Crippen molar-refractivity contribution in [3.05, 3.63) is 64.3 Å². The Kier molecular flexibility index (Phi) is 5.28. The van der Waals surface area contributed by atoms with Crippen LogP contribution in [0.5, 0.6) is 5.75 Å². The first-order valence-electron chi connectivity index (χ1n) is 8.25. The summed E-state index contributed by atoms with van der Waals surface area (Å²) in [6.45, 7) is 5.96. The van der Waals surface area contributed by atoms with Gasteiger partial charge in [-0.3, -0.25) is 0 Å². The Morgan fingerprint density at radius 3 is 2.46 bits per heavy atom. The molecule has 134 valence electrons. The molecule has 26 heavy (non-hydrogen) atoms. The minimum atomic E-state index is 0.504. The fraction of sp³-hybridized carbons (Fsp3) is 0.200. The van der Waals surface area contributed by atoms with Crippen LogP contribution in [0.25, 0.3) is 0 Å². The van der Waals surface area contributed by atoms with Gasteiger partial charge in [0.05, 0.1) is 12.8 Å². The molecule has 0 atom stereocenters. The molecule has 0 radical (unpaired) electrons. The van der Waals surface area contributed by atoms with Gasteiger partial charge in [0.25, 0.3) is 0 Å². The molecule has 0 amide bonds. The van der Waals surface area contributed by atoms with Crippen LogP contribution in [0.15, 0.2) is 42.5 Å². The Morgan fingerprint density at radius 1 is 0.885 bits per heavy atom. The molecule has 0 fully saturated rings. The highest BCUT2D eigenvalue weighted by Crippen LogP contribution is 2.29. The number of nitrogens with zero attached hydrogens (tertiary/aromatic N) is 2. The van der Waals surface area contributed by atoms with E-state index in [0.29, 0.717) is 16.8 Å². The summed E-state index contributed by atoms with van der Waals surface area (Å²) in [7, 11) is 1.65. The van der Waals surface area contributed by atoms with Gasteiger partial charge in [0.2, 0.25) is 5.95 Å². The molecule has 3 rings (SSSR count). The van der Waals surface area contributed by atoms with Crippen molar-refractivity contribution in [2.45, 2.75) is 20.8 Å². The number of rotatable bonds is 5. The normalized spacial score (nSPS) is 10.5. The van der Waals surface area contributed by atoms with Gasteiger partial charge < -0.3 is 15.4 Å². The SMILES string of the molecule is COc1ccc(C)cc1Nc1cc(C)nc(Nc2cc(Cl)ccc2C)n1. The van der Waals surface area contributed by atoms with E-state index in [1.165, 1.54) is 0 Å². The van der Waals surface area contributed by atoms with E-state index in [-0.39, 0.29) is 0 Å². The predicted molar refractivity (Wildman–Crippen MR) is 107 cm³/mol. The standard InChI is InChI=1S/C20H21ClN4O/c1-12-5-8-18(26-4)17(9-12)23-19-10-14(3)22-20(25-19)24-16-11-15(21)7-6-13(16)2/h5-11H,1-4H3,(H2,22,23,24,25). The first-order valence-corrected chi connectivity index (χ1v) is 8.63. The molecule has 2 N–H and O–H groups in total. The van der Waals surface area contributed by atoms with Crippen LogP contribution in [0.4, 0.5) is 23.1 Å². The zero-order valence-electron chi connectivity index (χ0n) is 15.2. The average molecular weight is 369 g/mol. The smallest absolute Gasteiger partial charge is 0.229 e. The van der Waals surface area contributed by atoms with Crippen molar-refractivity contribution in [3.63, 3.8) is 0 Å². The number of hydrogen-bond acceptors (Lipinski definition) is 5. The first kappa shape index (κ1) is 18.0. The minimum Gasteiger partial charge on any atom is -0.495 e. The van der Waals surface area contributed by atoms with E-state index in [9.17, 15) is 0 Å². The number of halogens is 1. The third-order valence-corrected chi connectivity index (χ3v) is 4.15. The van der Waals surface area contributed by atoms with E-state index < -0.39 is 0 Å². The van der Waals surface area contributed by atoms with Crippen molar-refractivity contribution in [3.8, 4) is 5.75 Å². The summed E-state index contributed by atoms with van der Waals surface area (Å²) in [5.41, 5.74) is 4.77. The lowest BCUT2D eigenvalue weighted by atomic mass is 10.2. The second-order valence-corrected chi connectivity index (χ2v) is 6.57. The largest absolute Gasteiger partial charge is 0.495 e. The Bertz CT molecular complexity index is 943. The van der Waals surface area contributed by atoms with Gasteiger partial charge in [0.15, 0.2) is 0 Å². The van der Waals surface area contributed by atoms with Crippen LogP contribution >= 0.6 is 11.6 Å². The molecule has 6 heteroatoms. The highest BCUT2D eigenvalue weighted by Gasteiger charge is 2.08. The maximum Gasteiger partial charge on any atom is 0.229 e. The number of anilines is 4. The van der Waals surface area contributed by atoms with Crippen LogP contribution in [0.1, 0.15) is 16.8 Å². The number of ether oxygens (including phenoxy) is 1. The highest BCUT2D eigenvalue weighted by molar-refractivity contribution is 6.30. The van der Waals surface area contributed by atoms with E-state index in [2.05, 4.69) is 20.6 Å². The number of nitrogens with one attached hydrogen (secondary N) is 2. The second kappa shape index (κ2) is 7.62. The summed E-state index contributed by atoms with van der Waals surface area (Å²) >= 11 is 6.09. The van der Waals surface area contributed by atoms with Crippen LogP contribution < -0.4 is 15.4 Å². The van der Waals surface area contributed by atoms with E-state index in [4.69, 9.17) is 16.3 Å². The summed E-state index contributed by atoms with van der Waals surface area (Å²) in [6.07, 6.45) is 0. The van der Waals surface area contributed by atoms with Crippen molar-refractivity contribution >= 4 is 34.7 Å². The third kappa shape index (κ3) is 4.24. The van der Waals surface area contributed by atoms with Gasteiger partial charge in [-0.05, 0) is 56.2 Å². The predicted octanol–water partition coefficient (Wildman–Crippen LogP) is 5.55. The van der Waals surface area contributed by atoms with E-state index >= 15 is 0 Å². The van der Waals surface area contributed by atoms with E-state index in [0.717, 1.165) is 33.9 Å². The van der Waals surface area contributed by atoms with Crippen LogP contribution in [0, 0.1) is 20.8 Å². The van der Waals surface area contributed by atoms with Crippen LogP contribution in [-0.2, 0) is 0 Å². The maximum absolute atomic E-state index is 6.09. The average Bonchev–Trinajstić information content (AvgIpc) is 2.58. The number of hydrogen-bond donors (Lipinski definition) is 2. The Morgan fingerprint density at radius 2 is 1.69 bits per heavy atom. The highest BCUT2D eigenvalue weighted by atomic mass is 35.5. The maximum atomic E-state index is 6.09. The molecule has 1 aromatic heterocycles. The molecule has 2 aromatic carbocycles. The molecule has 0 aliphatic rings. The van der Waals surface area contributed by atoms with Gasteiger partial charge in [-0.2, -0.15) is 4.98 Å². The summed E-state index contributed by atoms with van der Waals surface area (Å²) in [6, 6.07) is 13.5. The first-order chi connectivity index (χ1) is 12.4. The Hall–Kier alpha value is -2.79. The lowest BCUT2D eigenvalue weighted by Gasteiger charge is -2.14. The van der Waals surface area contributed by atoms with Crippen LogP contribution in [0.2, 0.25) is 5.02 Å². The lowest BCUT2D eigenvalue weighted by molar-refractivity contribution is 0.416. The molecular formula is C20H21ClN4O. The molecule has 0 saturated heterocycles. The monoisotopic (exact) mass is 368 g/mol. The Labute approximate surface area is 158 Å². The molecular weight excluding hydrogens is 348 g/mol. The fourth-order valence-corrected chi connectivity index (χ4v) is 2.77. The van der Waals surface area contributed by atoms with Crippen molar-refractivity contribution in [1.82, 2.24) is 9.97 Å². The van der Waals surface area contributed by atoms with Crippen molar-refractivity contribution in [2.75, 3.05) is 17.7 Å². The van der Waals surface area contributed by atoms with Crippen LogP contribution in [-0.4, -0.2) is 17.1 Å². The molecule has 0 aliphatic carbocycles. The van der Waals surface area contributed by atoms with Crippen molar-refractivity contribution in [2.24, 2.45) is 0 Å². The topological polar surface area (TPSA) is 59.1 Å². The quantitative estimate of drug-likeness (QED) is 0.618. The molecule has 0 bridgehead atoms. The van der Waals surface area contributed by atoms with E-state index in [1.54, 1.807) is 7.11 Å². The van der Waals surface area contributed by atoms with Gasteiger partial charge in [0, 0.05) is 22.5 Å². The minimum absolute atomic E-state index is 0.504. The van der Waals surface area contributed by atoms with Gasteiger partial charge in [-0.15, -0.1) is 0 Å². The van der Waals surface area contributed by atoms with Crippen molar-refractivity contribution in [1.29, 1.82) is 0 Å². The second-order valence-electron chi connectivity index (χ2n) is 6.13. The molecule has 5 nitrogen and oxygen atoms in total. The van der Waals surface area contributed by atoms with Gasteiger partial charge in [-0.1, -0.05) is 23.7 Å². The fourth-order valence-electron chi connectivity index (χ4n) is 2.60. The molecule has 0 saturated carbocycles.